The smallest absolute Gasteiger partial charge is 0.0611 e. The van der Waals surface area contributed by atoms with Gasteiger partial charge in [0.2, 0.25) is 0 Å². The summed E-state index contributed by atoms with van der Waals surface area (Å²) in [6.45, 7) is 0. The molecule has 0 saturated heterocycles. The first-order valence-electron chi connectivity index (χ1n) is 19.6. The number of hydrogen-bond acceptors (Lipinski definition) is 6. The molecule has 0 bridgehead atoms. The maximum absolute atomic E-state index is 10.6. The molecule has 6 nitrogen and oxygen atoms in total. The Kier molecular flexibility index (Phi) is 11.3. The number of rotatable bonds is 8. The highest BCUT2D eigenvalue weighted by Crippen LogP contribution is 2.45. The van der Waals surface area contributed by atoms with Gasteiger partial charge in [-0.3, -0.25) is 0 Å². The van der Waals surface area contributed by atoms with Crippen molar-refractivity contribution in [3.05, 3.63) is 0 Å². The number of aliphatic hydroxyl groups excluding tert-OH is 2. The summed E-state index contributed by atoms with van der Waals surface area (Å²) in [5, 5.41) is 21.2. The molecule has 7 fully saturated rings. The van der Waals surface area contributed by atoms with E-state index in [2.05, 4.69) is 0 Å². The first kappa shape index (κ1) is 32.3. The van der Waals surface area contributed by atoms with Gasteiger partial charge in [-0.15, -0.1) is 0 Å². The summed E-state index contributed by atoms with van der Waals surface area (Å²) in [4.78, 5) is 0. The molecule has 0 aromatic rings. The van der Waals surface area contributed by atoms with Crippen LogP contribution in [0.2, 0.25) is 0 Å². The van der Waals surface area contributed by atoms with E-state index >= 15 is 0 Å². The second-order valence-electron chi connectivity index (χ2n) is 16.4. The summed E-state index contributed by atoms with van der Waals surface area (Å²) in [5.41, 5.74) is 0. The standard InChI is InChI=1S/C38H64O6/c39-35-19-21-37(33-13-3-1-11-31(33)35)43-29-9-5-7-27(23-29)41-25-15-17-26(18-16-25)42-28-8-6-10-30(24-28)44-38-22-20-36(40)32-12-2-4-14-34(32)38/h25-40H,1-24H2. The minimum atomic E-state index is -0.101. The Balaban J connectivity index is 0.820. The van der Waals surface area contributed by atoms with Crippen LogP contribution in [-0.2, 0) is 18.9 Å². The zero-order chi connectivity index (χ0) is 29.9. The van der Waals surface area contributed by atoms with Crippen molar-refractivity contribution in [3.63, 3.8) is 0 Å². The predicted octanol–water partition coefficient (Wildman–Crippen LogP) is 7.65. The van der Waals surface area contributed by atoms with E-state index < -0.39 is 0 Å². The van der Waals surface area contributed by atoms with Crippen molar-refractivity contribution >= 4 is 0 Å². The molecule has 7 aliphatic carbocycles. The molecule has 44 heavy (non-hydrogen) atoms. The third kappa shape index (κ3) is 7.89. The molecule has 0 radical (unpaired) electrons. The van der Waals surface area contributed by atoms with Crippen molar-refractivity contribution in [2.75, 3.05) is 0 Å². The molecular formula is C38H64O6. The van der Waals surface area contributed by atoms with Gasteiger partial charge in [0.25, 0.3) is 0 Å². The Morgan fingerprint density at radius 3 is 1.07 bits per heavy atom. The SMILES string of the molecule is OC1CCC(OC2CCCC(OC3CCC(OC4CCCC(OC5CCC(O)C6CCCCC56)C4)CC3)C2)C2CCCCC12. The van der Waals surface area contributed by atoms with Gasteiger partial charge in [-0.2, -0.15) is 0 Å². The molecule has 0 heterocycles. The van der Waals surface area contributed by atoms with Crippen molar-refractivity contribution in [2.45, 2.75) is 215 Å². The molecule has 12 atom stereocenters. The van der Waals surface area contributed by atoms with Crippen LogP contribution >= 0.6 is 0 Å². The van der Waals surface area contributed by atoms with E-state index in [1.807, 2.05) is 0 Å². The van der Waals surface area contributed by atoms with E-state index in [9.17, 15) is 10.2 Å². The van der Waals surface area contributed by atoms with E-state index in [1.54, 1.807) is 0 Å². The van der Waals surface area contributed by atoms with Crippen LogP contribution in [0, 0.1) is 23.7 Å². The van der Waals surface area contributed by atoms with E-state index in [0.29, 0.717) is 72.5 Å². The molecule has 2 N–H and O–H groups in total. The van der Waals surface area contributed by atoms with Gasteiger partial charge in [0.15, 0.2) is 0 Å². The van der Waals surface area contributed by atoms with E-state index in [-0.39, 0.29) is 12.2 Å². The van der Waals surface area contributed by atoms with Crippen LogP contribution in [0.4, 0.5) is 0 Å². The van der Waals surface area contributed by atoms with Gasteiger partial charge < -0.3 is 29.2 Å². The Morgan fingerprint density at radius 2 is 0.659 bits per heavy atom. The molecule has 0 amide bonds. The highest BCUT2D eigenvalue weighted by atomic mass is 16.5. The second kappa shape index (κ2) is 15.3. The lowest BCUT2D eigenvalue weighted by Gasteiger charge is -2.46. The van der Waals surface area contributed by atoms with Gasteiger partial charge >= 0.3 is 0 Å². The van der Waals surface area contributed by atoms with Crippen molar-refractivity contribution in [3.8, 4) is 0 Å². The molecule has 7 aliphatic rings. The van der Waals surface area contributed by atoms with Crippen molar-refractivity contribution in [2.24, 2.45) is 23.7 Å². The van der Waals surface area contributed by atoms with Crippen molar-refractivity contribution < 1.29 is 29.2 Å². The molecule has 12 unspecified atom stereocenters. The topological polar surface area (TPSA) is 77.4 Å². The van der Waals surface area contributed by atoms with Gasteiger partial charge in [0.1, 0.15) is 0 Å². The predicted molar refractivity (Wildman–Crippen MR) is 171 cm³/mol. The molecule has 0 spiro atoms. The Hall–Kier alpha value is -0.240. The molecular weight excluding hydrogens is 552 g/mol. The number of ether oxygens (including phenoxy) is 4. The first-order chi connectivity index (χ1) is 21.6. The van der Waals surface area contributed by atoms with Crippen LogP contribution < -0.4 is 0 Å². The zero-order valence-electron chi connectivity index (χ0n) is 27.6. The first-order valence-corrected chi connectivity index (χ1v) is 19.6. The lowest BCUT2D eigenvalue weighted by molar-refractivity contribution is -0.153. The van der Waals surface area contributed by atoms with E-state index in [1.165, 1.54) is 89.9 Å². The van der Waals surface area contributed by atoms with Gasteiger partial charge in [0.05, 0.1) is 61.0 Å². The highest BCUT2D eigenvalue weighted by molar-refractivity contribution is 4.93. The van der Waals surface area contributed by atoms with Crippen molar-refractivity contribution in [1.82, 2.24) is 0 Å². The van der Waals surface area contributed by atoms with Crippen LogP contribution in [0.3, 0.4) is 0 Å². The maximum atomic E-state index is 10.6. The monoisotopic (exact) mass is 616 g/mol. The summed E-state index contributed by atoms with van der Waals surface area (Å²) in [7, 11) is 0. The fourth-order valence-electron chi connectivity index (χ4n) is 11.2. The molecule has 7 rings (SSSR count). The normalized spacial score (nSPS) is 48.7. The molecule has 7 saturated carbocycles. The maximum Gasteiger partial charge on any atom is 0.0611 e. The lowest BCUT2D eigenvalue weighted by Crippen LogP contribution is -2.46. The quantitative estimate of drug-likeness (QED) is 0.292. The minimum absolute atomic E-state index is 0.101. The molecule has 252 valence electrons. The number of fused-ring (bicyclic) bond motifs is 2. The van der Waals surface area contributed by atoms with Gasteiger partial charge in [-0.25, -0.2) is 0 Å². The average molecular weight is 617 g/mol. The van der Waals surface area contributed by atoms with E-state index in [0.717, 1.165) is 64.2 Å². The van der Waals surface area contributed by atoms with Gasteiger partial charge in [-0.1, -0.05) is 25.7 Å². The number of hydrogen-bond donors (Lipinski definition) is 2. The average Bonchev–Trinajstić information content (AvgIpc) is 3.05. The summed E-state index contributed by atoms with van der Waals surface area (Å²) in [5.74, 6) is 2.08. The van der Waals surface area contributed by atoms with E-state index in [4.69, 9.17) is 18.9 Å². The van der Waals surface area contributed by atoms with Crippen LogP contribution in [0.5, 0.6) is 0 Å². The fraction of sp³-hybridized carbons (Fsp3) is 1.00. The second-order valence-corrected chi connectivity index (χ2v) is 16.4. The van der Waals surface area contributed by atoms with Crippen LogP contribution in [-0.4, -0.2) is 71.3 Å². The largest absolute Gasteiger partial charge is 0.393 e. The highest BCUT2D eigenvalue weighted by Gasteiger charge is 2.43. The van der Waals surface area contributed by atoms with Crippen molar-refractivity contribution in [1.29, 1.82) is 0 Å². The summed E-state index contributed by atoms with van der Waals surface area (Å²) < 4.78 is 27.2. The summed E-state index contributed by atoms with van der Waals surface area (Å²) >= 11 is 0. The van der Waals surface area contributed by atoms with Crippen LogP contribution in [0.1, 0.15) is 154 Å². The Bertz CT molecular complexity index is 805. The zero-order valence-corrected chi connectivity index (χ0v) is 27.6. The Labute approximate surface area is 267 Å². The minimum Gasteiger partial charge on any atom is -0.393 e. The lowest BCUT2D eigenvalue weighted by atomic mass is 9.68. The molecule has 0 aromatic carbocycles. The van der Waals surface area contributed by atoms with Gasteiger partial charge in [0, 0.05) is 0 Å². The fourth-order valence-corrected chi connectivity index (χ4v) is 11.2. The third-order valence-electron chi connectivity index (χ3n) is 13.5. The van der Waals surface area contributed by atoms with Crippen LogP contribution in [0.25, 0.3) is 0 Å². The summed E-state index contributed by atoms with van der Waals surface area (Å²) in [6.07, 6.45) is 30.3. The summed E-state index contributed by atoms with van der Waals surface area (Å²) in [6, 6.07) is 0. The molecule has 0 aromatic heterocycles. The van der Waals surface area contributed by atoms with Crippen LogP contribution in [0.15, 0.2) is 0 Å². The molecule has 0 aliphatic heterocycles. The Morgan fingerprint density at radius 1 is 0.295 bits per heavy atom. The van der Waals surface area contributed by atoms with Gasteiger partial charge in [-0.05, 0) is 152 Å². The molecule has 6 heteroatoms. The number of aliphatic hydroxyl groups is 2. The third-order valence-corrected chi connectivity index (χ3v) is 13.5.